The van der Waals surface area contributed by atoms with E-state index >= 15 is 0 Å². The van der Waals surface area contributed by atoms with Crippen molar-refractivity contribution >= 4 is 22.5 Å². The molecule has 1 aromatic heterocycles. The van der Waals surface area contributed by atoms with E-state index in [9.17, 15) is 0 Å². The van der Waals surface area contributed by atoms with Crippen molar-refractivity contribution in [2.75, 3.05) is 0 Å². The van der Waals surface area contributed by atoms with E-state index in [1.165, 1.54) is 11.1 Å². The molecular weight excluding hydrogens is 242 g/mol. The van der Waals surface area contributed by atoms with Crippen molar-refractivity contribution in [3.8, 4) is 11.1 Å². The molecular formula is C16H12ClN. The van der Waals surface area contributed by atoms with Crippen LogP contribution < -0.4 is 0 Å². The number of nitrogens with zero attached hydrogens (tertiary/aromatic N) is 1. The lowest BCUT2D eigenvalue weighted by Crippen LogP contribution is -1.83. The van der Waals surface area contributed by atoms with E-state index in [1.54, 1.807) is 6.20 Å². The van der Waals surface area contributed by atoms with Gasteiger partial charge in [-0.25, -0.2) is 0 Å². The summed E-state index contributed by atoms with van der Waals surface area (Å²) < 4.78 is 0. The monoisotopic (exact) mass is 253 g/mol. The molecule has 0 bridgehead atoms. The third-order valence-electron chi connectivity index (χ3n) is 3.07. The molecule has 0 amide bonds. The Balaban J connectivity index is 2.16. The minimum atomic E-state index is 0.746. The van der Waals surface area contributed by atoms with Crippen LogP contribution >= 0.6 is 11.6 Å². The Morgan fingerprint density at radius 2 is 1.61 bits per heavy atom. The molecule has 0 saturated carbocycles. The van der Waals surface area contributed by atoms with Crippen LogP contribution in [-0.4, -0.2) is 4.98 Å². The summed E-state index contributed by atoms with van der Waals surface area (Å²) in [4.78, 5) is 4.36. The standard InChI is InChI=1S/C16H12ClN/c1-11-2-4-12(5-3-11)13-6-7-14-15(17)8-9-18-16(14)10-13/h2-10H,1H3. The Bertz CT molecular complexity index is 702. The highest BCUT2D eigenvalue weighted by Gasteiger charge is 2.02. The van der Waals surface area contributed by atoms with Crippen LogP contribution in [0.3, 0.4) is 0 Å². The van der Waals surface area contributed by atoms with Crippen LogP contribution in [0, 0.1) is 6.92 Å². The molecule has 0 atom stereocenters. The highest BCUT2D eigenvalue weighted by atomic mass is 35.5. The molecule has 0 fully saturated rings. The average molecular weight is 254 g/mol. The van der Waals surface area contributed by atoms with Crippen LogP contribution in [0.1, 0.15) is 5.56 Å². The predicted octanol–water partition coefficient (Wildman–Crippen LogP) is 4.86. The largest absolute Gasteiger partial charge is 0.256 e. The number of aromatic nitrogens is 1. The molecule has 1 heterocycles. The summed E-state index contributed by atoms with van der Waals surface area (Å²) in [5.74, 6) is 0. The zero-order valence-electron chi connectivity index (χ0n) is 10.0. The van der Waals surface area contributed by atoms with Gasteiger partial charge in [0.15, 0.2) is 0 Å². The Morgan fingerprint density at radius 3 is 2.39 bits per heavy atom. The lowest BCUT2D eigenvalue weighted by molar-refractivity contribution is 1.41. The number of pyridine rings is 1. The van der Waals surface area contributed by atoms with Crippen molar-refractivity contribution in [3.63, 3.8) is 0 Å². The summed E-state index contributed by atoms with van der Waals surface area (Å²) in [6, 6.07) is 16.5. The molecule has 0 unspecified atom stereocenters. The first-order valence-electron chi connectivity index (χ1n) is 5.85. The summed E-state index contributed by atoms with van der Waals surface area (Å²) in [5.41, 5.74) is 4.56. The topological polar surface area (TPSA) is 12.9 Å². The zero-order valence-corrected chi connectivity index (χ0v) is 10.8. The number of hydrogen-bond acceptors (Lipinski definition) is 1. The molecule has 0 aliphatic rings. The molecule has 1 nitrogen and oxygen atoms in total. The third kappa shape index (κ3) is 1.98. The maximum atomic E-state index is 6.14. The predicted molar refractivity (Wildman–Crippen MR) is 76.9 cm³/mol. The van der Waals surface area contributed by atoms with E-state index in [-0.39, 0.29) is 0 Å². The van der Waals surface area contributed by atoms with Crippen molar-refractivity contribution in [2.24, 2.45) is 0 Å². The first-order valence-corrected chi connectivity index (χ1v) is 6.23. The lowest BCUT2D eigenvalue weighted by atomic mass is 10.0. The second-order valence-corrected chi connectivity index (χ2v) is 4.80. The number of benzene rings is 2. The zero-order chi connectivity index (χ0) is 12.5. The maximum absolute atomic E-state index is 6.14. The van der Waals surface area contributed by atoms with Gasteiger partial charge in [-0.1, -0.05) is 53.6 Å². The van der Waals surface area contributed by atoms with Crippen molar-refractivity contribution < 1.29 is 0 Å². The number of aryl methyl sites for hydroxylation is 1. The molecule has 0 spiro atoms. The molecule has 0 aliphatic carbocycles. The van der Waals surface area contributed by atoms with Gasteiger partial charge < -0.3 is 0 Å². The Kier molecular flexibility index (Phi) is 2.77. The van der Waals surface area contributed by atoms with E-state index in [4.69, 9.17) is 11.6 Å². The Hall–Kier alpha value is -1.86. The van der Waals surface area contributed by atoms with E-state index in [0.717, 1.165) is 21.5 Å². The number of halogens is 1. The quantitative estimate of drug-likeness (QED) is 0.603. The van der Waals surface area contributed by atoms with Gasteiger partial charge in [-0.05, 0) is 30.2 Å². The second-order valence-electron chi connectivity index (χ2n) is 4.39. The van der Waals surface area contributed by atoms with E-state index in [0.29, 0.717) is 0 Å². The van der Waals surface area contributed by atoms with Gasteiger partial charge in [0, 0.05) is 11.6 Å². The third-order valence-corrected chi connectivity index (χ3v) is 3.40. The van der Waals surface area contributed by atoms with Crippen LogP contribution in [0.2, 0.25) is 5.02 Å². The van der Waals surface area contributed by atoms with Crippen molar-refractivity contribution in [1.82, 2.24) is 4.98 Å². The van der Waals surface area contributed by atoms with Gasteiger partial charge in [-0.15, -0.1) is 0 Å². The summed E-state index contributed by atoms with van der Waals surface area (Å²) >= 11 is 6.14. The molecule has 0 aliphatic heterocycles. The molecule has 0 saturated heterocycles. The summed E-state index contributed by atoms with van der Waals surface area (Å²) in [6.07, 6.45) is 1.74. The normalized spacial score (nSPS) is 10.8. The van der Waals surface area contributed by atoms with Crippen LogP contribution in [0.4, 0.5) is 0 Å². The SMILES string of the molecule is Cc1ccc(-c2ccc3c(Cl)ccnc3c2)cc1. The second kappa shape index (κ2) is 4.43. The fourth-order valence-corrected chi connectivity index (χ4v) is 2.25. The van der Waals surface area contributed by atoms with Gasteiger partial charge in [0.25, 0.3) is 0 Å². The van der Waals surface area contributed by atoms with Gasteiger partial charge in [-0.2, -0.15) is 0 Å². The average Bonchev–Trinajstić information content (AvgIpc) is 2.39. The van der Waals surface area contributed by atoms with Crippen LogP contribution in [0.15, 0.2) is 54.7 Å². The summed E-state index contributed by atoms with van der Waals surface area (Å²) in [6.45, 7) is 2.09. The molecule has 3 aromatic rings. The van der Waals surface area contributed by atoms with Gasteiger partial charge >= 0.3 is 0 Å². The molecule has 2 aromatic carbocycles. The molecule has 88 valence electrons. The van der Waals surface area contributed by atoms with E-state index in [1.807, 2.05) is 12.1 Å². The minimum Gasteiger partial charge on any atom is -0.256 e. The van der Waals surface area contributed by atoms with Crippen LogP contribution in [-0.2, 0) is 0 Å². The molecule has 2 heteroatoms. The highest BCUT2D eigenvalue weighted by Crippen LogP contribution is 2.27. The Morgan fingerprint density at radius 1 is 0.889 bits per heavy atom. The number of rotatable bonds is 1. The molecule has 18 heavy (non-hydrogen) atoms. The molecule has 0 N–H and O–H groups in total. The van der Waals surface area contributed by atoms with Gasteiger partial charge in [0.2, 0.25) is 0 Å². The lowest BCUT2D eigenvalue weighted by Gasteiger charge is -2.05. The maximum Gasteiger partial charge on any atom is 0.0723 e. The van der Waals surface area contributed by atoms with Crippen LogP contribution in [0.5, 0.6) is 0 Å². The first-order chi connectivity index (χ1) is 8.74. The smallest absolute Gasteiger partial charge is 0.0723 e. The molecule has 3 rings (SSSR count). The number of fused-ring (bicyclic) bond motifs is 1. The van der Waals surface area contributed by atoms with E-state index in [2.05, 4.69) is 48.3 Å². The fourth-order valence-electron chi connectivity index (χ4n) is 2.04. The Labute approximate surface area is 111 Å². The highest BCUT2D eigenvalue weighted by molar-refractivity contribution is 6.35. The van der Waals surface area contributed by atoms with Gasteiger partial charge in [-0.3, -0.25) is 4.98 Å². The van der Waals surface area contributed by atoms with Crippen LogP contribution in [0.25, 0.3) is 22.0 Å². The van der Waals surface area contributed by atoms with Gasteiger partial charge in [0.05, 0.1) is 10.5 Å². The minimum absolute atomic E-state index is 0.746. The summed E-state index contributed by atoms with van der Waals surface area (Å²) in [7, 11) is 0. The number of hydrogen-bond donors (Lipinski definition) is 0. The fraction of sp³-hybridized carbons (Fsp3) is 0.0625. The van der Waals surface area contributed by atoms with Crippen molar-refractivity contribution in [3.05, 3.63) is 65.3 Å². The van der Waals surface area contributed by atoms with Gasteiger partial charge in [0.1, 0.15) is 0 Å². The first kappa shape index (κ1) is 11.2. The van der Waals surface area contributed by atoms with E-state index < -0.39 is 0 Å². The molecule has 0 radical (unpaired) electrons. The summed E-state index contributed by atoms with van der Waals surface area (Å²) in [5, 5.41) is 1.74. The van der Waals surface area contributed by atoms with Crippen molar-refractivity contribution in [1.29, 1.82) is 0 Å². The van der Waals surface area contributed by atoms with Crippen molar-refractivity contribution in [2.45, 2.75) is 6.92 Å².